The van der Waals surface area contributed by atoms with E-state index in [9.17, 15) is 9.59 Å². The molecule has 0 aromatic heterocycles. The summed E-state index contributed by atoms with van der Waals surface area (Å²) in [7, 11) is 2.04. The number of aliphatic carboxylic acids is 1. The summed E-state index contributed by atoms with van der Waals surface area (Å²) in [6.45, 7) is 5.34. The smallest absolute Gasteiger partial charge is 0.308 e. The molecule has 0 spiro atoms. The quantitative estimate of drug-likeness (QED) is 0.721. The molecule has 2 rings (SSSR count). The molecule has 0 bridgehead atoms. The number of rotatable bonds is 8. The van der Waals surface area contributed by atoms with Gasteiger partial charge in [-0.15, -0.1) is 12.4 Å². The standard InChI is InChI=1S/C17H24N2O4.ClH/c1-3-23-9-8-18(2)11-13-4-6-15(7-5-13)19-12-14(17(21)22)10-16(19)20;/h4-7,14H,3,8-12H2,1-2H3,(H,21,22);1H. The predicted molar refractivity (Wildman–Crippen MR) is 94.6 cm³/mol. The van der Waals surface area contributed by atoms with E-state index in [0.29, 0.717) is 6.61 Å². The van der Waals surface area contributed by atoms with Gasteiger partial charge < -0.3 is 14.7 Å². The van der Waals surface area contributed by atoms with Crippen molar-refractivity contribution in [3.8, 4) is 0 Å². The van der Waals surface area contributed by atoms with E-state index < -0.39 is 11.9 Å². The van der Waals surface area contributed by atoms with Crippen LogP contribution in [0.1, 0.15) is 18.9 Å². The van der Waals surface area contributed by atoms with Crippen LogP contribution in [0.15, 0.2) is 24.3 Å². The van der Waals surface area contributed by atoms with E-state index in [4.69, 9.17) is 9.84 Å². The summed E-state index contributed by atoms with van der Waals surface area (Å²) in [5, 5.41) is 9.03. The first kappa shape index (κ1) is 20.4. The summed E-state index contributed by atoms with van der Waals surface area (Å²) in [4.78, 5) is 26.7. The van der Waals surface area contributed by atoms with Crippen LogP contribution in [0.25, 0.3) is 0 Å². The fourth-order valence-electron chi connectivity index (χ4n) is 2.66. The van der Waals surface area contributed by atoms with Crippen molar-refractivity contribution in [3.63, 3.8) is 0 Å². The SMILES string of the molecule is CCOCCN(C)Cc1ccc(N2CC(C(=O)O)CC2=O)cc1.Cl. The fraction of sp³-hybridized carbons (Fsp3) is 0.529. The molecule has 1 amide bonds. The van der Waals surface area contributed by atoms with E-state index in [0.717, 1.165) is 30.9 Å². The minimum atomic E-state index is -0.909. The van der Waals surface area contributed by atoms with Gasteiger partial charge in [-0.1, -0.05) is 12.1 Å². The largest absolute Gasteiger partial charge is 0.481 e. The molecule has 0 saturated carbocycles. The van der Waals surface area contributed by atoms with Crippen LogP contribution in [0.2, 0.25) is 0 Å². The molecule has 1 aliphatic heterocycles. The molecule has 1 N–H and O–H groups in total. The Morgan fingerprint density at radius 2 is 2.04 bits per heavy atom. The second-order valence-corrected chi connectivity index (χ2v) is 5.84. The summed E-state index contributed by atoms with van der Waals surface area (Å²) >= 11 is 0. The molecule has 1 aromatic rings. The minimum absolute atomic E-state index is 0. The van der Waals surface area contributed by atoms with Crippen LogP contribution < -0.4 is 4.90 Å². The summed E-state index contributed by atoms with van der Waals surface area (Å²) in [6, 6.07) is 7.73. The summed E-state index contributed by atoms with van der Waals surface area (Å²) in [6.07, 6.45) is 0.0806. The number of carboxylic acids is 1. The Morgan fingerprint density at radius 3 is 2.58 bits per heavy atom. The molecule has 1 fully saturated rings. The number of nitrogens with zero attached hydrogens (tertiary/aromatic N) is 2. The third-order valence-electron chi connectivity index (χ3n) is 4.00. The predicted octanol–water partition coefficient (Wildman–Crippen LogP) is 2.01. The van der Waals surface area contributed by atoms with Gasteiger partial charge in [-0.3, -0.25) is 14.5 Å². The van der Waals surface area contributed by atoms with Crippen LogP contribution in [0.4, 0.5) is 5.69 Å². The van der Waals surface area contributed by atoms with Crippen LogP contribution in [0, 0.1) is 5.92 Å². The number of anilines is 1. The van der Waals surface area contributed by atoms with Crippen molar-refractivity contribution in [3.05, 3.63) is 29.8 Å². The second-order valence-electron chi connectivity index (χ2n) is 5.84. The van der Waals surface area contributed by atoms with Gasteiger partial charge in [0.05, 0.1) is 12.5 Å². The molecule has 0 aliphatic carbocycles. The third kappa shape index (κ3) is 5.47. The zero-order valence-corrected chi connectivity index (χ0v) is 14.9. The summed E-state index contributed by atoms with van der Waals surface area (Å²) < 4.78 is 5.34. The number of benzene rings is 1. The highest BCUT2D eigenvalue weighted by atomic mass is 35.5. The average molecular weight is 357 g/mol. The molecule has 134 valence electrons. The highest BCUT2D eigenvalue weighted by molar-refractivity contribution is 5.99. The van der Waals surface area contributed by atoms with E-state index in [1.165, 1.54) is 0 Å². The Labute approximate surface area is 148 Å². The molecule has 1 atom stereocenters. The number of ether oxygens (including phenoxy) is 1. The Bertz CT molecular complexity index is 550. The first-order valence-corrected chi connectivity index (χ1v) is 7.89. The number of carboxylic acid groups (broad SMARTS) is 1. The monoisotopic (exact) mass is 356 g/mol. The van der Waals surface area contributed by atoms with E-state index in [2.05, 4.69) is 4.90 Å². The van der Waals surface area contributed by atoms with Gasteiger partial charge in [-0.05, 0) is 31.7 Å². The molecule has 1 aromatic carbocycles. The normalized spacial score (nSPS) is 17.2. The van der Waals surface area contributed by atoms with Gasteiger partial charge in [0.15, 0.2) is 0 Å². The number of amides is 1. The van der Waals surface area contributed by atoms with E-state index in [-0.39, 0.29) is 31.3 Å². The Hall–Kier alpha value is -1.63. The Kier molecular flexibility index (Phi) is 8.18. The molecule has 7 heteroatoms. The van der Waals surface area contributed by atoms with E-state index in [1.807, 2.05) is 38.2 Å². The lowest BCUT2D eigenvalue weighted by Gasteiger charge is -2.19. The van der Waals surface area contributed by atoms with Gasteiger partial charge >= 0.3 is 5.97 Å². The summed E-state index contributed by atoms with van der Waals surface area (Å²) in [5.41, 5.74) is 1.91. The first-order chi connectivity index (χ1) is 11.0. The zero-order valence-electron chi connectivity index (χ0n) is 14.1. The lowest BCUT2D eigenvalue weighted by molar-refractivity contribution is -0.141. The van der Waals surface area contributed by atoms with Gasteiger partial charge in [-0.25, -0.2) is 0 Å². The molecule has 24 heavy (non-hydrogen) atoms. The number of likely N-dealkylation sites (N-methyl/N-ethyl adjacent to an activating group) is 1. The molecule has 1 saturated heterocycles. The number of halogens is 1. The Morgan fingerprint density at radius 1 is 1.38 bits per heavy atom. The molecule has 0 radical (unpaired) electrons. The van der Waals surface area contributed by atoms with Gasteiger partial charge in [0, 0.05) is 38.3 Å². The molecule has 1 heterocycles. The fourth-order valence-corrected chi connectivity index (χ4v) is 2.66. The number of carbonyl (C=O) groups excluding carboxylic acids is 1. The minimum Gasteiger partial charge on any atom is -0.481 e. The van der Waals surface area contributed by atoms with Gasteiger partial charge in [-0.2, -0.15) is 0 Å². The molecular weight excluding hydrogens is 332 g/mol. The number of carbonyl (C=O) groups is 2. The van der Waals surface area contributed by atoms with Crippen LogP contribution in [-0.4, -0.2) is 55.2 Å². The van der Waals surface area contributed by atoms with Crippen molar-refractivity contribution in [1.29, 1.82) is 0 Å². The van der Waals surface area contributed by atoms with Crippen LogP contribution in [0.3, 0.4) is 0 Å². The molecule has 1 unspecified atom stereocenters. The maximum absolute atomic E-state index is 11.9. The highest BCUT2D eigenvalue weighted by Gasteiger charge is 2.34. The lowest BCUT2D eigenvalue weighted by Crippen LogP contribution is -2.26. The van der Waals surface area contributed by atoms with Crippen molar-refractivity contribution in [2.75, 3.05) is 38.3 Å². The Balaban J connectivity index is 0.00000288. The zero-order chi connectivity index (χ0) is 16.8. The van der Waals surface area contributed by atoms with Crippen LogP contribution in [-0.2, 0) is 20.9 Å². The van der Waals surface area contributed by atoms with Crippen molar-refractivity contribution in [1.82, 2.24) is 4.90 Å². The third-order valence-corrected chi connectivity index (χ3v) is 4.00. The number of hydrogen-bond acceptors (Lipinski definition) is 4. The van der Waals surface area contributed by atoms with Gasteiger partial charge in [0.1, 0.15) is 0 Å². The van der Waals surface area contributed by atoms with E-state index in [1.54, 1.807) is 4.90 Å². The average Bonchev–Trinajstić information content (AvgIpc) is 2.90. The maximum atomic E-state index is 11.9. The van der Waals surface area contributed by atoms with Crippen LogP contribution in [0.5, 0.6) is 0 Å². The van der Waals surface area contributed by atoms with Crippen molar-refractivity contribution in [2.24, 2.45) is 5.92 Å². The first-order valence-electron chi connectivity index (χ1n) is 7.89. The lowest BCUT2D eigenvalue weighted by atomic mass is 10.1. The highest BCUT2D eigenvalue weighted by Crippen LogP contribution is 2.25. The number of hydrogen-bond donors (Lipinski definition) is 1. The van der Waals surface area contributed by atoms with Crippen molar-refractivity contribution < 1.29 is 19.4 Å². The van der Waals surface area contributed by atoms with Crippen molar-refractivity contribution in [2.45, 2.75) is 19.9 Å². The molecule has 1 aliphatic rings. The van der Waals surface area contributed by atoms with Gasteiger partial charge in [0.25, 0.3) is 0 Å². The van der Waals surface area contributed by atoms with E-state index >= 15 is 0 Å². The maximum Gasteiger partial charge on any atom is 0.308 e. The van der Waals surface area contributed by atoms with Crippen molar-refractivity contribution >= 4 is 30.0 Å². The summed E-state index contributed by atoms with van der Waals surface area (Å²) in [5.74, 6) is -1.64. The molecular formula is C17H25ClN2O4. The van der Waals surface area contributed by atoms with Gasteiger partial charge in [0.2, 0.25) is 5.91 Å². The topological polar surface area (TPSA) is 70.1 Å². The second kappa shape index (κ2) is 9.61. The molecule has 6 nitrogen and oxygen atoms in total. The van der Waals surface area contributed by atoms with Crippen LogP contribution >= 0.6 is 12.4 Å².